The van der Waals surface area contributed by atoms with E-state index in [9.17, 15) is 9.90 Å². The van der Waals surface area contributed by atoms with Gasteiger partial charge in [-0.2, -0.15) is 0 Å². The largest absolute Gasteiger partial charge is 0.508 e. The Morgan fingerprint density at radius 3 is 2.58 bits per heavy atom. The highest BCUT2D eigenvalue weighted by Crippen LogP contribution is 2.19. The lowest BCUT2D eigenvalue weighted by Crippen LogP contribution is -2.46. The zero-order chi connectivity index (χ0) is 21.6. The Morgan fingerprint density at radius 2 is 1.87 bits per heavy atom. The number of nitrogens with zero attached hydrogens (tertiary/aromatic N) is 3. The van der Waals surface area contributed by atoms with Gasteiger partial charge in [-0.1, -0.05) is 18.2 Å². The van der Waals surface area contributed by atoms with Crippen molar-refractivity contribution in [2.45, 2.75) is 6.54 Å². The second kappa shape index (κ2) is 9.49. The number of aromatic nitrogens is 1. The second-order valence-electron chi connectivity index (χ2n) is 7.52. The lowest BCUT2D eigenvalue weighted by Gasteiger charge is -2.35. The van der Waals surface area contributed by atoms with Gasteiger partial charge in [0.15, 0.2) is 0 Å². The number of rotatable bonds is 6. The Bertz CT molecular complexity index is 1030. The van der Waals surface area contributed by atoms with Gasteiger partial charge in [0.1, 0.15) is 17.3 Å². The molecule has 2 N–H and O–H groups in total. The summed E-state index contributed by atoms with van der Waals surface area (Å²) in [7, 11) is 1.58. The topological polar surface area (TPSA) is 77.9 Å². The van der Waals surface area contributed by atoms with Crippen LogP contribution in [0.2, 0.25) is 0 Å². The maximum atomic E-state index is 12.4. The summed E-state index contributed by atoms with van der Waals surface area (Å²) in [6, 6.07) is 18.3. The Labute approximate surface area is 181 Å². The zero-order valence-corrected chi connectivity index (χ0v) is 17.5. The molecule has 1 aliphatic rings. The highest BCUT2D eigenvalue weighted by Gasteiger charge is 2.18. The molecule has 0 unspecified atom stereocenters. The highest BCUT2D eigenvalue weighted by atomic mass is 16.5. The minimum Gasteiger partial charge on any atom is -0.508 e. The first kappa shape index (κ1) is 20.7. The average Bonchev–Trinajstić information content (AvgIpc) is 2.80. The first-order valence-corrected chi connectivity index (χ1v) is 10.3. The van der Waals surface area contributed by atoms with Crippen molar-refractivity contribution in [3.8, 4) is 11.5 Å². The van der Waals surface area contributed by atoms with E-state index in [2.05, 4.69) is 20.1 Å². The standard InChI is InChI=1S/C24H26N4O3/c1-31-22-7-3-5-19(15-22)24(30)26-20-8-9-23(25-16-20)28-12-10-27(11-13-28)17-18-4-2-6-21(29)14-18/h2-9,14-16,29H,10-13,17H2,1H3,(H,26,30). The van der Waals surface area contributed by atoms with Gasteiger partial charge in [0.05, 0.1) is 19.0 Å². The summed E-state index contributed by atoms with van der Waals surface area (Å²) in [6.45, 7) is 4.42. The van der Waals surface area contributed by atoms with E-state index < -0.39 is 0 Å². The minimum absolute atomic E-state index is 0.200. The first-order chi connectivity index (χ1) is 15.1. The van der Waals surface area contributed by atoms with E-state index in [0.29, 0.717) is 22.7 Å². The number of anilines is 2. The van der Waals surface area contributed by atoms with Crippen molar-refractivity contribution in [2.24, 2.45) is 0 Å². The fraction of sp³-hybridized carbons (Fsp3) is 0.250. The summed E-state index contributed by atoms with van der Waals surface area (Å²) < 4.78 is 5.17. The number of ether oxygens (including phenoxy) is 1. The predicted octanol–water partition coefficient (Wildman–Crippen LogP) is 3.37. The summed E-state index contributed by atoms with van der Waals surface area (Å²) in [6.07, 6.45) is 1.69. The van der Waals surface area contributed by atoms with Crippen LogP contribution in [0.1, 0.15) is 15.9 Å². The molecule has 0 atom stereocenters. The number of phenolic OH excluding ortho intramolecular Hbond substituents is 1. The number of amides is 1. The Balaban J connectivity index is 1.31. The van der Waals surface area contributed by atoms with Crippen LogP contribution in [0.5, 0.6) is 11.5 Å². The molecule has 0 saturated carbocycles. The monoisotopic (exact) mass is 418 g/mol. The SMILES string of the molecule is COc1cccc(C(=O)Nc2ccc(N3CCN(Cc4cccc(O)c4)CC3)nc2)c1. The van der Waals surface area contributed by atoms with E-state index in [-0.39, 0.29) is 5.91 Å². The van der Waals surface area contributed by atoms with Crippen LogP contribution in [0.25, 0.3) is 0 Å². The highest BCUT2D eigenvalue weighted by molar-refractivity contribution is 6.04. The molecular weight excluding hydrogens is 392 g/mol. The van der Waals surface area contributed by atoms with Crippen LogP contribution in [0.3, 0.4) is 0 Å². The molecule has 1 aromatic heterocycles. The van der Waals surface area contributed by atoms with Gasteiger partial charge in [0, 0.05) is 38.3 Å². The van der Waals surface area contributed by atoms with Crippen LogP contribution in [-0.4, -0.2) is 54.2 Å². The number of hydrogen-bond donors (Lipinski definition) is 2. The molecule has 1 amide bonds. The fourth-order valence-electron chi connectivity index (χ4n) is 3.66. The molecule has 1 saturated heterocycles. The number of methoxy groups -OCH3 is 1. The van der Waals surface area contributed by atoms with Crippen LogP contribution in [0.4, 0.5) is 11.5 Å². The average molecular weight is 418 g/mol. The minimum atomic E-state index is -0.200. The maximum absolute atomic E-state index is 12.4. The predicted molar refractivity (Wildman–Crippen MR) is 121 cm³/mol. The van der Waals surface area contributed by atoms with Crippen LogP contribution in [0.15, 0.2) is 66.9 Å². The summed E-state index contributed by atoms with van der Waals surface area (Å²) in [5, 5.41) is 12.5. The molecule has 0 spiro atoms. The van der Waals surface area contributed by atoms with E-state index >= 15 is 0 Å². The van der Waals surface area contributed by atoms with Crippen LogP contribution >= 0.6 is 0 Å². The van der Waals surface area contributed by atoms with E-state index in [1.54, 1.807) is 43.6 Å². The molecule has 0 bridgehead atoms. The van der Waals surface area contributed by atoms with Gasteiger partial charge < -0.3 is 20.1 Å². The lowest BCUT2D eigenvalue weighted by atomic mass is 10.2. The fourth-order valence-corrected chi connectivity index (χ4v) is 3.66. The third kappa shape index (κ3) is 5.32. The number of hydrogen-bond acceptors (Lipinski definition) is 6. The molecule has 0 aliphatic carbocycles. The molecule has 31 heavy (non-hydrogen) atoms. The summed E-state index contributed by atoms with van der Waals surface area (Å²) in [4.78, 5) is 21.6. The van der Waals surface area contributed by atoms with E-state index in [1.807, 2.05) is 30.3 Å². The summed E-state index contributed by atoms with van der Waals surface area (Å²) in [5.41, 5.74) is 2.30. The van der Waals surface area contributed by atoms with Crippen molar-refractivity contribution in [3.63, 3.8) is 0 Å². The number of pyridine rings is 1. The van der Waals surface area contributed by atoms with Crippen molar-refractivity contribution in [2.75, 3.05) is 43.5 Å². The number of carbonyl (C=O) groups is 1. The van der Waals surface area contributed by atoms with Crippen molar-refractivity contribution < 1.29 is 14.6 Å². The molecule has 1 aliphatic heterocycles. The van der Waals surface area contributed by atoms with E-state index in [1.165, 1.54) is 0 Å². The van der Waals surface area contributed by atoms with Gasteiger partial charge in [0.25, 0.3) is 5.91 Å². The van der Waals surface area contributed by atoms with Crippen molar-refractivity contribution in [1.82, 2.24) is 9.88 Å². The number of benzene rings is 2. The quantitative estimate of drug-likeness (QED) is 0.639. The molecule has 0 radical (unpaired) electrons. The molecule has 7 heteroatoms. The molecular formula is C24H26N4O3. The maximum Gasteiger partial charge on any atom is 0.255 e. The normalized spacial score (nSPS) is 14.3. The second-order valence-corrected chi connectivity index (χ2v) is 7.52. The molecule has 2 heterocycles. The lowest BCUT2D eigenvalue weighted by molar-refractivity contribution is 0.102. The third-order valence-electron chi connectivity index (χ3n) is 5.35. The molecule has 1 fully saturated rings. The van der Waals surface area contributed by atoms with Gasteiger partial charge in [-0.3, -0.25) is 9.69 Å². The summed E-state index contributed by atoms with van der Waals surface area (Å²) >= 11 is 0. The van der Waals surface area contributed by atoms with Gasteiger partial charge in [-0.05, 0) is 48.0 Å². The van der Waals surface area contributed by atoms with E-state index in [4.69, 9.17) is 4.74 Å². The van der Waals surface area contributed by atoms with Gasteiger partial charge in [-0.15, -0.1) is 0 Å². The molecule has 3 aromatic rings. The number of piperazine rings is 1. The van der Waals surface area contributed by atoms with Gasteiger partial charge in [-0.25, -0.2) is 4.98 Å². The molecule has 2 aromatic carbocycles. The summed E-state index contributed by atoms with van der Waals surface area (Å²) in [5.74, 6) is 1.65. The van der Waals surface area contributed by atoms with Crippen molar-refractivity contribution in [1.29, 1.82) is 0 Å². The molecule has 7 nitrogen and oxygen atoms in total. The number of carbonyl (C=O) groups excluding carboxylic acids is 1. The Morgan fingerprint density at radius 1 is 1.06 bits per heavy atom. The van der Waals surface area contributed by atoms with Crippen molar-refractivity contribution in [3.05, 3.63) is 78.0 Å². The van der Waals surface area contributed by atoms with Gasteiger partial charge in [0.2, 0.25) is 0 Å². The third-order valence-corrected chi connectivity index (χ3v) is 5.35. The molecule has 160 valence electrons. The van der Waals surface area contributed by atoms with Gasteiger partial charge >= 0.3 is 0 Å². The van der Waals surface area contributed by atoms with E-state index in [0.717, 1.165) is 44.1 Å². The zero-order valence-electron chi connectivity index (χ0n) is 17.5. The van der Waals surface area contributed by atoms with Crippen LogP contribution < -0.4 is 15.0 Å². The Kier molecular flexibility index (Phi) is 6.33. The number of phenols is 1. The van der Waals surface area contributed by atoms with Crippen LogP contribution in [-0.2, 0) is 6.54 Å². The first-order valence-electron chi connectivity index (χ1n) is 10.3. The number of nitrogens with one attached hydrogen (secondary N) is 1. The molecule has 4 rings (SSSR count). The smallest absolute Gasteiger partial charge is 0.255 e. The van der Waals surface area contributed by atoms with Crippen LogP contribution in [0, 0.1) is 0 Å². The Hall–Kier alpha value is -3.58. The van der Waals surface area contributed by atoms with Crippen molar-refractivity contribution >= 4 is 17.4 Å². The number of aromatic hydroxyl groups is 1.